The zero-order valence-electron chi connectivity index (χ0n) is 13.1. The molecule has 0 saturated carbocycles. The first kappa shape index (κ1) is 23.4. The van der Waals surface area contributed by atoms with Crippen molar-refractivity contribution in [1.29, 1.82) is 0 Å². The maximum Gasteiger partial charge on any atom is 0.409 e. The van der Waals surface area contributed by atoms with Crippen LogP contribution in [0.15, 0.2) is 0 Å². The van der Waals surface area contributed by atoms with Gasteiger partial charge in [-0.3, -0.25) is 0 Å². The Kier molecular flexibility index (Phi) is 6.13. The summed E-state index contributed by atoms with van der Waals surface area (Å²) in [5.74, 6) is 0. The van der Waals surface area contributed by atoms with E-state index in [1.807, 2.05) is 0 Å². The molecule has 0 saturated heterocycles. The van der Waals surface area contributed by atoms with Gasteiger partial charge in [0.2, 0.25) is 0 Å². The summed E-state index contributed by atoms with van der Waals surface area (Å²) in [5, 5.41) is 0. The molecule has 0 aromatic carbocycles. The molecule has 0 atom stereocenters. The minimum atomic E-state index is -5.47. The summed E-state index contributed by atoms with van der Waals surface area (Å²) in [7, 11) is -10.9. The van der Waals surface area contributed by atoms with Crippen LogP contribution < -0.4 is 0 Å². The largest absolute Gasteiger partial charge is 0.409 e. The highest BCUT2D eigenvalue weighted by molar-refractivity contribution is 7.88. The van der Waals surface area contributed by atoms with Crippen molar-refractivity contribution < 1.29 is 51.5 Å². The van der Waals surface area contributed by atoms with E-state index in [1.165, 1.54) is 0 Å². The van der Waals surface area contributed by atoms with E-state index in [2.05, 4.69) is 8.37 Å². The minimum Gasteiger partial charge on any atom is -0.236 e. The zero-order valence-corrected chi connectivity index (χ0v) is 14.7. The SMILES string of the molecule is CC(OS(=O)(=O)C(C)(C)C(F)(F)F)OS(=O)(=O)C(C)(C)C(F)(F)F. The van der Waals surface area contributed by atoms with Gasteiger partial charge in [0, 0.05) is 0 Å². The van der Waals surface area contributed by atoms with Crippen molar-refractivity contribution in [3.63, 3.8) is 0 Å². The summed E-state index contributed by atoms with van der Waals surface area (Å²) in [4.78, 5) is 0. The first-order chi connectivity index (χ1) is 10.1. The second-order valence-corrected chi connectivity index (χ2v) is 9.93. The average Bonchev–Trinajstić information content (AvgIpc) is 2.22. The Balaban J connectivity index is 5.49. The van der Waals surface area contributed by atoms with Gasteiger partial charge < -0.3 is 0 Å². The fourth-order valence-corrected chi connectivity index (χ4v) is 2.79. The molecular weight excluding hydrogens is 394 g/mol. The van der Waals surface area contributed by atoms with Gasteiger partial charge in [-0.25, -0.2) is 8.37 Å². The van der Waals surface area contributed by atoms with E-state index in [4.69, 9.17) is 0 Å². The summed E-state index contributed by atoms with van der Waals surface area (Å²) in [5.41, 5.74) is 0. The molecule has 0 unspecified atom stereocenters. The van der Waals surface area contributed by atoms with Gasteiger partial charge in [0.15, 0.2) is 15.8 Å². The molecule has 0 spiro atoms. The van der Waals surface area contributed by atoms with Crippen molar-refractivity contribution >= 4 is 20.2 Å². The van der Waals surface area contributed by atoms with Gasteiger partial charge in [0.25, 0.3) is 20.2 Å². The molecule has 0 aliphatic heterocycles. The Hall–Kier alpha value is -0.600. The van der Waals surface area contributed by atoms with Crippen molar-refractivity contribution in [3.05, 3.63) is 0 Å². The fourth-order valence-electron chi connectivity index (χ4n) is 0.897. The Morgan fingerprint density at radius 2 is 0.875 bits per heavy atom. The maximum atomic E-state index is 12.7. The lowest BCUT2D eigenvalue weighted by molar-refractivity contribution is -0.157. The van der Waals surface area contributed by atoms with Crippen molar-refractivity contribution in [2.75, 3.05) is 0 Å². The Labute approximate surface area is 135 Å². The van der Waals surface area contributed by atoms with Crippen LogP contribution in [0, 0.1) is 0 Å². The smallest absolute Gasteiger partial charge is 0.236 e. The van der Waals surface area contributed by atoms with E-state index >= 15 is 0 Å². The minimum absolute atomic E-state index is 0.239. The van der Waals surface area contributed by atoms with E-state index in [9.17, 15) is 43.2 Å². The van der Waals surface area contributed by atoms with Gasteiger partial charge >= 0.3 is 12.4 Å². The predicted molar refractivity (Wildman–Crippen MR) is 69.7 cm³/mol. The van der Waals surface area contributed by atoms with E-state index in [-0.39, 0.29) is 27.7 Å². The first-order valence-electron chi connectivity index (χ1n) is 6.09. The second kappa shape index (κ2) is 6.29. The summed E-state index contributed by atoms with van der Waals surface area (Å²) < 4.78 is 124. The van der Waals surface area contributed by atoms with Crippen molar-refractivity contribution in [2.24, 2.45) is 0 Å². The molecule has 0 aliphatic rings. The molecule has 146 valence electrons. The molecule has 0 radical (unpaired) electrons. The lowest BCUT2D eigenvalue weighted by Gasteiger charge is -2.30. The van der Waals surface area contributed by atoms with Gasteiger partial charge in [-0.2, -0.15) is 43.2 Å². The third kappa shape index (κ3) is 4.32. The Bertz CT molecular complexity index is 601. The molecule has 14 heteroatoms. The normalized spacial score (nSPS) is 15.8. The molecule has 24 heavy (non-hydrogen) atoms. The number of hydrogen-bond donors (Lipinski definition) is 0. The third-order valence-corrected chi connectivity index (χ3v) is 7.15. The lowest BCUT2D eigenvalue weighted by Crippen LogP contribution is -2.50. The molecular formula is C10H16F6O6S2. The van der Waals surface area contributed by atoms with Crippen LogP contribution >= 0.6 is 0 Å². The number of hydrogen-bond acceptors (Lipinski definition) is 6. The predicted octanol–water partition coefficient (Wildman–Crippen LogP) is 2.71. The monoisotopic (exact) mass is 410 g/mol. The van der Waals surface area contributed by atoms with E-state index < -0.39 is 48.4 Å². The molecule has 0 bridgehead atoms. The van der Waals surface area contributed by atoms with Crippen molar-refractivity contribution in [2.45, 2.75) is 62.8 Å². The maximum absolute atomic E-state index is 12.7. The summed E-state index contributed by atoms with van der Waals surface area (Å²) in [6, 6.07) is 0. The standard InChI is InChI=1S/C10H16F6O6S2/c1-6(21-23(17,18)7(2,3)9(11,12)13)22-24(19,20)8(4,5)10(14,15)16/h6H,1-5H3. The molecule has 0 aromatic rings. The molecule has 6 nitrogen and oxygen atoms in total. The van der Waals surface area contributed by atoms with Crippen LogP contribution in [0.2, 0.25) is 0 Å². The first-order valence-corrected chi connectivity index (χ1v) is 8.91. The van der Waals surface area contributed by atoms with Crippen LogP contribution in [0.4, 0.5) is 26.3 Å². The quantitative estimate of drug-likeness (QED) is 0.380. The van der Waals surface area contributed by atoms with Crippen LogP contribution in [0.1, 0.15) is 34.6 Å². The van der Waals surface area contributed by atoms with Crippen molar-refractivity contribution in [3.8, 4) is 0 Å². The highest BCUT2D eigenvalue weighted by atomic mass is 32.2. The fraction of sp³-hybridized carbons (Fsp3) is 1.00. The molecule has 0 fully saturated rings. The van der Waals surface area contributed by atoms with Gasteiger partial charge in [0.1, 0.15) is 0 Å². The Morgan fingerprint density at radius 1 is 0.667 bits per heavy atom. The highest BCUT2D eigenvalue weighted by Crippen LogP contribution is 2.40. The number of rotatable bonds is 6. The lowest BCUT2D eigenvalue weighted by atomic mass is 10.2. The molecule has 0 heterocycles. The van der Waals surface area contributed by atoms with Gasteiger partial charge in [0.05, 0.1) is 0 Å². The molecule has 0 aliphatic carbocycles. The molecule has 0 rings (SSSR count). The molecule has 0 aromatic heterocycles. The van der Waals surface area contributed by atoms with Gasteiger partial charge in [-0.1, -0.05) is 0 Å². The second-order valence-electron chi connectivity index (χ2n) is 5.68. The van der Waals surface area contributed by atoms with Crippen LogP contribution in [0.3, 0.4) is 0 Å². The number of halogens is 6. The van der Waals surface area contributed by atoms with Crippen LogP contribution in [0.5, 0.6) is 0 Å². The van der Waals surface area contributed by atoms with Crippen LogP contribution in [-0.4, -0.2) is 45.0 Å². The number of alkyl halides is 6. The van der Waals surface area contributed by atoms with Crippen LogP contribution in [0.25, 0.3) is 0 Å². The average molecular weight is 410 g/mol. The van der Waals surface area contributed by atoms with Crippen LogP contribution in [-0.2, 0) is 28.6 Å². The topological polar surface area (TPSA) is 86.7 Å². The van der Waals surface area contributed by atoms with E-state index in [1.54, 1.807) is 0 Å². The van der Waals surface area contributed by atoms with E-state index in [0.29, 0.717) is 6.92 Å². The zero-order chi connectivity index (χ0) is 20.0. The van der Waals surface area contributed by atoms with E-state index in [0.717, 1.165) is 0 Å². The van der Waals surface area contributed by atoms with Crippen molar-refractivity contribution in [1.82, 2.24) is 0 Å². The van der Waals surface area contributed by atoms with Gasteiger partial charge in [-0.15, -0.1) is 0 Å². The third-order valence-electron chi connectivity index (χ3n) is 3.14. The summed E-state index contributed by atoms with van der Waals surface area (Å²) >= 11 is 0. The Morgan fingerprint density at radius 3 is 1.04 bits per heavy atom. The summed E-state index contributed by atoms with van der Waals surface area (Å²) in [6.45, 7) is 1.49. The highest BCUT2D eigenvalue weighted by Gasteiger charge is 2.60. The van der Waals surface area contributed by atoms with Gasteiger partial charge in [-0.05, 0) is 34.6 Å². The molecule has 0 amide bonds. The summed E-state index contributed by atoms with van der Waals surface area (Å²) in [6.07, 6.45) is -13.0. The molecule has 0 N–H and O–H groups in total.